The molecule has 1 saturated heterocycles. The monoisotopic (exact) mass is 300 g/mol. The summed E-state index contributed by atoms with van der Waals surface area (Å²) in [6.07, 6.45) is 4.03. The lowest BCUT2D eigenvalue weighted by Gasteiger charge is -2.41. The van der Waals surface area contributed by atoms with Crippen LogP contribution in [0, 0.1) is 11.3 Å². The lowest BCUT2D eigenvalue weighted by Crippen LogP contribution is -2.47. The second kappa shape index (κ2) is 6.68. The average molecular weight is 300 g/mol. The van der Waals surface area contributed by atoms with Crippen molar-refractivity contribution in [2.45, 2.75) is 37.1 Å². The summed E-state index contributed by atoms with van der Waals surface area (Å²) in [4.78, 5) is 2.54. The van der Waals surface area contributed by atoms with Crippen molar-refractivity contribution in [3.8, 4) is 11.8 Å². The molecule has 1 aliphatic heterocycles. The van der Waals surface area contributed by atoms with E-state index in [1.807, 2.05) is 18.2 Å². The number of ether oxygens (including phenoxy) is 2. The molecular formula is C18H24N2O2. The fraction of sp³-hybridized carbons (Fsp3) is 0.611. The first-order chi connectivity index (χ1) is 10.8. The van der Waals surface area contributed by atoms with Crippen molar-refractivity contribution in [2.24, 2.45) is 0 Å². The molecule has 0 spiro atoms. The van der Waals surface area contributed by atoms with Gasteiger partial charge in [-0.15, -0.1) is 0 Å². The number of morpholine rings is 1. The first kappa shape index (κ1) is 15.3. The van der Waals surface area contributed by atoms with Crippen LogP contribution >= 0.6 is 0 Å². The van der Waals surface area contributed by atoms with E-state index < -0.39 is 0 Å². The first-order valence-electron chi connectivity index (χ1n) is 8.15. The minimum Gasteiger partial charge on any atom is -0.497 e. The fourth-order valence-electron chi connectivity index (χ4n) is 3.79. The van der Waals surface area contributed by atoms with Gasteiger partial charge in [0.05, 0.1) is 31.8 Å². The molecule has 0 N–H and O–H groups in total. The number of hydrogen-bond donors (Lipinski definition) is 0. The van der Waals surface area contributed by atoms with Gasteiger partial charge in [-0.05, 0) is 43.4 Å². The molecule has 0 atom stereocenters. The van der Waals surface area contributed by atoms with Crippen LogP contribution in [0.1, 0.15) is 31.2 Å². The molecule has 0 radical (unpaired) electrons. The Labute approximate surface area is 132 Å². The highest BCUT2D eigenvalue weighted by atomic mass is 16.5. The maximum atomic E-state index is 9.83. The quantitative estimate of drug-likeness (QED) is 0.861. The maximum Gasteiger partial charge on any atom is 0.119 e. The van der Waals surface area contributed by atoms with E-state index in [0.29, 0.717) is 6.04 Å². The van der Waals surface area contributed by atoms with Gasteiger partial charge in [0.2, 0.25) is 0 Å². The van der Waals surface area contributed by atoms with E-state index in [4.69, 9.17) is 9.47 Å². The van der Waals surface area contributed by atoms with Crippen molar-refractivity contribution in [3.63, 3.8) is 0 Å². The summed E-state index contributed by atoms with van der Waals surface area (Å²) in [7, 11) is 1.67. The van der Waals surface area contributed by atoms with Crippen LogP contribution in [-0.4, -0.2) is 44.4 Å². The van der Waals surface area contributed by atoms with Crippen molar-refractivity contribution in [3.05, 3.63) is 29.8 Å². The Morgan fingerprint density at radius 1 is 1.27 bits per heavy atom. The third-order valence-corrected chi connectivity index (χ3v) is 5.21. The third kappa shape index (κ3) is 2.97. The smallest absolute Gasteiger partial charge is 0.119 e. The summed E-state index contributed by atoms with van der Waals surface area (Å²) in [5, 5.41) is 9.83. The minimum absolute atomic E-state index is 0.350. The molecule has 2 fully saturated rings. The van der Waals surface area contributed by atoms with Crippen LogP contribution in [0.3, 0.4) is 0 Å². The highest BCUT2D eigenvalue weighted by molar-refractivity contribution is 5.38. The molecule has 1 heterocycles. The van der Waals surface area contributed by atoms with E-state index in [0.717, 1.165) is 63.3 Å². The lowest BCUT2D eigenvalue weighted by atomic mass is 9.69. The van der Waals surface area contributed by atoms with E-state index >= 15 is 0 Å². The Morgan fingerprint density at radius 2 is 2.00 bits per heavy atom. The van der Waals surface area contributed by atoms with E-state index in [9.17, 15) is 5.26 Å². The van der Waals surface area contributed by atoms with Gasteiger partial charge in [0, 0.05) is 19.1 Å². The molecule has 0 aromatic heterocycles. The molecule has 0 amide bonds. The Hall–Kier alpha value is -1.57. The standard InChI is InChI=1S/C18H24N2O2/c1-21-17-4-2-3-15(13-17)18(14-19)7-5-16(6-8-18)20-9-11-22-12-10-20/h2-4,13,16H,5-12H2,1H3. The van der Waals surface area contributed by atoms with Crippen molar-refractivity contribution >= 4 is 0 Å². The number of methoxy groups -OCH3 is 1. The van der Waals surface area contributed by atoms with Crippen LogP contribution in [0.15, 0.2) is 24.3 Å². The zero-order chi connectivity index (χ0) is 15.4. The summed E-state index contributed by atoms with van der Waals surface area (Å²) >= 11 is 0. The van der Waals surface area contributed by atoms with Gasteiger partial charge in [0.15, 0.2) is 0 Å². The molecular weight excluding hydrogens is 276 g/mol. The maximum absolute atomic E-state index is 9.83. The summed E-state index contributed by atoms with van der Waals surface area (Å²) < 4.78 is 10.8. The normalized spacial score (nSPS) is 29.7. The number of hydrogen-bond acceptors (Lipinski definition) is 4. The largest absolute Gasteiger partial charge is 0.497 e. The van der Waals surface area contributed by atoms with Gasteiger partial charge in [-0.3, -0.25) is 4.90 Å². The Balaban J connectivity index is 1.72. The molecule has 0 bridgehead atoms. The zero-order valence-corrected chi connectivity index (χ0v) is 13.3. The molecule has 0 unspecified atom stereocenters. The van der Waals surface area contributed by atoms with Gasteiger partial charge < -0.3 is 9.47 Å². The van der Waals surface area contributed by atoms with Crippen LogP contribution in [-0.2, 0) is 10.2 Å². The van der Waals surface area contributed by atoms with Crippen LogP contribution in [0.25, 0.3) is 0 Å². The molecule has 1 aromatic rings. The van der Waals surface area contributed by atoms with Crippen LogP contribution in [0.5, 0.6) is 5.75 Å². The van der Waals surface area contributed by atoms with Gasteiger partial charge in [-0.25, -0.2) is 0 Å². The predicted molar refractivity (Wildman–Crippen MR) is 84.9 cm³/mol. The number of benzene rings is 1. The SMILES string of the molecule is COc1cccc(C2(C#N)CCC(N3CCOCC3)CC2)c1. The number of nitriles is 1. The molecule has 3 rings (SSSR count). The van der Waals surface area contributed by atoms with Crippen molar-refractivity contribution in [1.29, 1.82) is 5.26 Å². The second-order valence-corrected chi connectivity index (χ2v) is 6.31. The topological polar surface area (TPSA) is 45.5 Å². The molecule has 22 heavy (non-hydrogen) atoms. The minimum atomic E-state index is -0.350. The molecule has 4 heteroatoms. The zero-order valence-electron chi connectivity index (χ0n) is 13.3. The summed E-state index contributed by atoms with van der Waals surface area (Å²) in [6, 6.07) is 11.2. The number of rotatable bonds is 3. The molecule has 2 aliphatic rings. The predicted octanol–water partition coefficient (Wildman–Crippen LogP) is 2.73. The van der Waals surface area contributed by atoms with Crippen LogP contribution in [0.4, 0.5) is 0 Å². The molecule has 1 saturated carbocycles. The van der Waals surface area contributed by atoms with Gasteiger partial charge in [-0.1, -0.05) is 12.1 Å². The lowest BCUT2D eigenvalue weighted by molar-refractivity contribution is 0.00507. The van der Waals surface area contributed by atoms with E-state index in [1.165, 1.54) is 0 Å². The van der Waals surface area contributed by atoms with Gasteiger partial charge in [0.25, 0.3) is 0 Å². The highest BCUT2D eigenvalue weighted by Gasteiger charge is 2.39. The Morgan fingerprint density at radius 3 is 2.64 bits per heavy atom. The van der Waals surface area contributed by atoms with E-state index in [-0.39, 0.29) is 5.41 Å². The highest BCUT2D eigenvalue weighted by Crippen LogP contribution is 2.41. The van der Waals surface area contributed by atoms with Crippen molar-refractivity contribution < 1.29 is 9.47 Å². The Kier molecular flexibility index (Phi) is 4.66. The molecule has 1 aliphatic carbocycles. The summed E-state index contributed by atoms with van der Waals surface area (Å²) in [6.45, 7) is 3.75. The van der Waals surface area contributed by atoms with Crippen molar-refractivity contribution in [1.82, 2.24) is 4.90 Å². The van der Waals surface area contributed by atoms with Crippen LogP contribution in [0.2, 0.25) is 0 Å². The fourth-order valence-corrected chi connectivity index (χ4v) is 3.79. The third-order valence-electron chi connectivity index (χ3n) is 5.21. The average Bonchev–Trinajstić information content (AvgIpc) is 2.62. The molecule has 4 nitrogen and oxygen atoms in total. The van der Waals surface area contributed by atoms with E-state index in [2.05, 4.69) is 17.0 Å². The number of nitrogens with zero attached hydrogens (tertiary/aromatic N) is 2. The van der Waals surface area contributed by atoms with Crippen LogP contribution < -0.4 is 4.74 Å². The molecule has 118 valence electrons. The Bertz CT molecular complexity index is 538. The van der Waals surface area contributed by atoms with E-state index in [1.54, 1.807) is 7.11 Å². The molecule has 1 aromatic carbocycles. The van der Waals surface area contributed by atoms with Gasteiger partial charge >= 0.3 is 0 Å². The first-order valence-corrected chi connectivity index (χ1v) is 8.15. The summed E-state index contributed by atoms with van der Waals surface area (Å²) in [5.74, 6) is 0.836. The summed E-state index contributed by atoms with van der Waals surface area (Å²) in [5.41, 5.74) is 0.756. The second-order valence-electron chi connectivity index (χ2n) is 6.31. The van der Waals surface area contributed by atoms with Gasteiger partial charge in [-0.2, -0.15) is 5.26 Å². The van der Waals surface area contributed by atoms with Gasteiger partial charge in [0.1, 0.15) is 5.75 Å². The van der Waals surface area contributed by atoms with Crippen molar-refractivity contribution in [2.75, 3.05) is 33.4 Å².